The van der Waals surface area contributed by atoms with Crippen LogP contribution >= 0.6 is 0 Å². The van der Waals surface area contributed by atoms with Crippen LogP contribution in [0.15, 0.2) is 174 Å². The van der Waals surface area contributed by atoms with E-state index in [1.165, 1.54) is 49.0 Å². The van der Waals surface area contributed by atoms with Crippen molar-refractivity contribution in [3.05, 3.63) is 170 Å². The summed E-state index contributed by atoms with van der Waals surface area (Å²) in [4.78, 5) is 0. The van der Waals surface area contributed by atoms with Crippen LogP contribution in [0.5, 0.6) is 0 Å². The Bertz CT molecular complexity index is 2910. The van der Waals surface area contributed by atoms with Crippen LogP contribution in [0.4, 0.5) is 0 Å². The van der Waals surface area contributed by atoms with E-state index in [0.717, 1.165) is 38.4 Å². The van der Waals surface area contributed by atoms with Gasteiger partial charge in [-0.05, 0) is 77.6 Å². The monoisotopic (exact) mass is 598 g/mol. The number of rotatable bonds is 3. The van der Waals surface area contributed by atoms with Gasteiger partial charge >= 0.3 is 0 Å². The summed E-state index contributed by atoms with van der Waals surface area (Å²) in [5.41, 5.74) is 8.22. The fraction of sp³-hybridized carbons (Fsp3) is 0. The summed E-state index contributed by atoms with van der Waals surface area (Å²) < 4.78 is 24.3. The smallest absolute Gasteiger partial charge is 0.143 e. The normalized spacial score (nSPS) is 12.4. The second kappa shape index (κ2) is 10.2. The molecular formula is C46H28O. The van der Waals surface area contributed by atoms with E-state index in [1.807, 2.05) is 36.4 Å². The quantitative estimate of drug-likeness (QED) is 0.184. The number of para-hydroxylation sites is 1. The highest BCUT2D eigenvalue weighted by Gasteiger charge is 2.19. The molecule has 1 nitrogen and oxygen atoms in total. The Hall–Kier alpha value is -6.18. The first kappa shape index (κ1) is 24.1. The lowest BCUT2D eigenvalue weighted by molar-refractivity contribution is 0.674. The Morgan fingerprint density at radius 1 is 0.340 bits per heavy atom. The highest BCUT2D eigenvalue weighted by atomic mass is 16.3. The minimum Gasteiger partial charge on any atom is -0.455 e. The molecule has 10 rings (SSSR count). The summed E-state index contributed by atoms with van der Waals surface area (Å²) in [5.74, 6) is 0. The van der Waals surface area contributed by atoms with Crippen molar-refractivity contribution in [2.75, 3.05) is 0 Å². The van der Waals surface area contributed by atoms with E-state index in [2.05, 4.69) is 121 Å². The number of benzene rings is 9. The predicted molar refractivity (Wildman–Crippen MR) is 200 cm³/mol. The molecule has 218 valence electrons. The molecule has 0 amide bonds. The molecule has 0 radical (unpaired) electrons. The molecule has 0 atom stereocenters. The predicted octanol–water partition coefficient (Wildman–Crippen LogP) is 13.2. The lowest BCUT2D eigenvalue weighted by atomic mass is 9.84. The molecule has 10 aromatic rings. The Morgan fingerprint density at radius 2 is 0.872 bits per heavy atom. The van der Waals surface area contributed by atoms with Gasteiger partial charge in [0.05, 0.1) is 2.74 Å². The molecule has 1 heterocycles. The second-order valence-electron chi connectivity index (χ2n) is 12.2. The molecule has 0 spiro atoms. The van der Waals surface area contributed by atoms with Crippen LogP contribution in [0.1, 0.15) is 2.74 Å². The average Bonchev–Trinajstić information content (AvgIpc) is 3.56. The number of furan rings is 1. The van der Waals surface area contributed by atoms with Crippen molar-refractivity contribution < 1.29 is 7.16 Å². The largest absolute Gasteiger partial charge is 0.455 e. The maximum absolute atomic E-state index is 8.92. The molecule has 0 fully saturated rings. The molecule has 0 N–H and O–H groups in total. The van der Waals surface area contributed by atoms with Gasteiger partial charge in [-0.1, -0.05) is 158 Å². The maximum Gasteiger partial charge on any atom is 0.143 e. The zero-order valence-electron chi connectivity index (χ0n) is 27.4. The molecule has 0 aliphatic heterocycles. The third-order valence-corrected chi connectivity index (χ3v) is 9.66. The topological polar surface area (TPSA) is 13.1 Å². The highest BCUT2D eigenvalue weighted by molar-refractivity contribution is 6.24. The van der Waals surface area contributed by atoms with Crippen LogP contribution in [0, 0.1) is 0 Å². The van der Waals surface area contributed by atoms with E-state index in [4.69, 9.17) is 7.16 Å². The molecule has 47 heavy (non-hydrogen) atoms. The van der Waals surface area contributed by atoms with Gasteiger partial charge in [0.2, 0.25) is 0 Å². The minimum absolute atomic E-state index is 0.197. The third kappa shape index (κ3) is 3.90. The summed E-state index contributed by atoms with van der Waals surface area (Å²) in [6.45, 7) is 0. The van der Waals surface area contributed by atoms with Crippen LogP contribution in [0.2, 0.25) is 0 Å². The third-order valence-electron chi connectivity index (χ3n) is 9.66. The lowest BCUT2D eigenvalue weighted by Gasteiger charge is -2.19. The molecule has 1 heteroatoms. The van der Waals surface area contributed by atoms with Gasteiger partial charge in [0, 0.05) is 21.7 Å². The van der Waals surface area contributed by atoms with Crippen molar-refractivity contribution in [1.29, 1.82) is 0 Å². The number of hydrogen-bond acceptors (Lipinski definition) is 1. The molecule has 0 saturated heterocycles. The summed E-state index contributed by atoms with van der Waals surface area (Å²) in [6.07, 6.45) is 0. The molecule has 0 unspecified atom stereocenters. The Kier molecular flexibility index (Phi) is 5.21. The van der Waals surface area contributed by atoms with E-state index >= 15 is 0 Å². The van der Waals surface area contributed by atoms with Gasteiger partial charge in [-0.2, -0.15) is 0 Å². The summed E-state index contributed by atoms with van der Waals surface area (Å²) >= 11 is 0. The number of fused-ring (bicyclic) bond motifs is 8. The SMILES string of the molecule is [2H]c1c([2H])c2c3cccc(-c4cccc(-c5c6ccccc6c(-c6cccc7ccccc67)c6ccccc56)c4)c3oc2c2ccccc12. The zero-order chi connectivity index (χ0) is 32.6. The Balaban J connectivity index is 1.24. The van der Waals surface area contributed by atoms with Crippen molar-refractivity contribution >= 4 is 65.0 Å². The summed E-state index contributed by atoms with van der Waals surface area (Å²) in [6, 6.07) is 55.8. The van der Waals surface area contributed by atoms with E-state index in [1.54, 1.807) is 0 Å². The van der Waals surface area contributed by atoms with Crippen LogP contribution < -0.4 is 0 Å². The molecule has 0 saturated carbocycles. The van der Waals surface area contributed by atoms with Crippen molar-refractivity contribution in [3.63, 3.8) is 0 Å². The molecule has 0 aliphatic carbocycles. The zero-order valence-corrected chi connectivity index (χ0v) is 25.4. The number of hydrogen-bond donors (Lipinski definition) is 0. The van der Waals surface area contributed by atoms with Gasteiger partial charge in [-0.3, -0.25) is 0 Å². The van der Waals surface area contributed by atoms with Gasteiger partial charge in [-0.15, -0.1) is 0 Å². The Labute approximate surface area is 274 Å². The molecule has 0 aliphatic rings. The van der Waals surface area contributed by atoms with Gasteiger partial charge < -0.3 is 4.42 Å². The van der Waals surface area contributed by atoms with E-state index < -0.39 is 0 Å². The van der Waals surface area contributed by atoms with Crippen molar-refractivity contribution in [1.82, 2.24) is 0 Å². The van der Waals surface area contributed by atoms with Gasteiger partial charge in [0.1, 0.15) is 11.2 Å². The van der Waals surface area contributed by atoms with Crippen molar-refractivity contribution in [2.45, 2.75) is 0 Å². The lowest BCUT2D eigenvalue weighted by Crippen LogP contribution is -1.92. The van der Waals surface area contributed by atoms with Gasteiger partial charge in [-0.25, -0.2) is 0 Å². The van der Waals surface area contributed by atoms with Gasteiger partial charge in [0.25, 0.3) is 0 Å². The maximum atomic E-state index is 8.92. The summed E-state index contributed by atoms with van der Waals surface area (Å²) in [5, 5.41) is 10.5. The van der Waals surface area contributed by atoms with Crippen LogP contribution in [-0.2, 0) is 0 Å². The van der Waals surface area contributed by atoms with Crippen molar-refractivity contribution in [3.8, 4) is 33.4 Å². The molecule has 1 aromatic heterocycles. The first-order valence-corrected chi connectivity index (χ1v) is 16.0. The first-order valence-electron chi connectivity index (χ1n) is 17.0. The highest BCUT2D eigenvalue weighted by Crippen LogP contribution is 2.46. The van der Waals surface area contributed by atoms with Crippen LogP contribution in [-0.4, -0.2) is 0 Å². The van der Waals surface area contributed by atoms with E-state index in [0.29, 0.717) is 11.0 Å². The fourth-order valence-corrected chi connectivity index (χ4v) is 7.60. The van der Waals surface area contributed by atoms with Gasteiger partial charge in [0.15, 0.2) is 0 Å². The van der Waals surface area contributed by atoms with Crippen LogP contribution in [0.25, 0.3) is 98.4 Å². The second-order valence-corrected chi connectivity index (χ2v) is 12.2. The fourth-order valence-electron chi connectivity index (χ4n) is 7.60. The van der Waals surface area contributed by atoms with E-state index in [9.17, 15) is 0 Å². The van der Waals surface area contributed by atoms with E-state index in [-0.39, 0.29) is 12.1 Å². The molecular weight excluding hydrogens is 569 g/mol. The average molecular weight is 599 g/mol. The molecule has 0 bridgehead atoms. The minimum atomic E-state index is 0.197. The standard InChI is InChI=1S/C46H28O/c1-3-17-33-29(12-1)14-10-24-36(33)44-39-21-7-5-19-37(39)43(38-20-6-8-22-40(38)44)32-16-9-15-31(28-32)35-23-11-25-41-42-27-26-30-13-2-4-18-34(30)45(42)47-46(35)41/h1-28H/i26D,27D. The summed E-state index contributed by atoms with van der Waals surface area (Å²) in [7, 11) is 0. The first-order chi connectivity index (χ1) is 24.2. The van der Waals surface area contributed by atoms with Crippen LogP contribution in [0.3, 0.4) is 0 Å². The Morgan fingerprint density at radius 3 is 1.64 bits per heavy atom. The van der Waals surface area contributed by atoms with Crippen molar-refractivity contribution in [2.24, 2.45) is 0 Å². The molecule has 9 aromatic carbocycles.